The molecule has 1 aromatic heterocycles. The van der Waals surface area contributed by atoms with E-state index >= 15 is 0 Å². The Morgan fingerprint density at radius 1 is 1.15 bits per heavy atom. The fourth-order valence-electron chi connectivity index (χ4n) is 2.62. The number of hydrogen-bond donors (Lipinski definition) is 2. The Hall–Kier alpha value is -1.94. The lowest BCUT2D eigenvalue weighted by Crippen LogP contribution is -2.24. The Labute approximate surface area is 119 Å². The smallest absolute Gasteiger partial charge is 0.148 e. The van der Waals surface area contributed by atoms with E-state index < -0.39 is 0 Å². The predicted molar refractivity (Wildman–Crippen MR) is 81.6 cm³/mol. The molecule has 0 aliphatic carbocycles. The topological polar surface area (TPSA) is 49.8 Å². The SMILES string of the molecule is CC(C)Nc1ccc(-c2cccc3c2CCNC3)nn1. The number of hydrogen-bond acceptors (Lipinski definition) is 4. The van der Waals surface area contributed by atoms with Gasteiger partial charge in [-0.15, -0.1) is 10.2 Å². The van der Waals surface area contributed by atoms with E-state index in [1.54, 1.807) is 0 Å². The quantitative estimate of drug-likeness (QED) is 0.898. The highest BCUT2D eigenvalue weighted by Gasteiger charge is 2.14. The molecule has 0 spiro atoms. The minimum absolute atomic E-state index is 0.366. The molecule has 0 atom stereocenters. The Morgan fingerprint density at radius 3 is 2.80 bits per heavy atom. The Kier molecular flexibility index (Phi) is 3.65. The van der Waals surface area contributed by atoms with Gasteiger partial charge in [-0.25, -0.2) is 0 Å². The van der Waals surface area contributed by atoms with E-state index in [-0.39, 0.29) is 0 Å². The van der Waals surface area contributed by atoms with E-state index in [4.69, 9.17) is 0 Å². The largest absolute Gasteiger partial charge is 0.366 e. The molecular formula is C16H20N4. The van der Waals surface area contributed by atoms with E-state index in [9.17, 15) is 0 Å². The van der Waals surface area contributed by atoms with Crippen LogP contribution < -0.4 is 10.6 Å². The summed E-state index contributed by atoms with van der Waals surface area (Å²) in [6, 6.07) is 10.9. The van der Waals surface area contributed by atoms with Crippen molar-refractivity contribution >= 4 is 5.82 Å². The van der Waals surface area contributed by atoms with Gasteiger partial charge in [0, 0.05) is 18.2 Å². The van der Waals surface area contributed by atoms with Gasteiger partial charge in [-0.3, -0.25) is 0 Å². The van der Waals surface area contributed by atoms with Crippen LogP contribution in [0.3, 0.4) is 0 Å². The fourth-order valence-corrected chi connectivity index (χ4v) is 2.62. The number of anilines is 1. The van der Waals surface area contributed by atoms with E-state index in [0.29, 0.717) is 6.04 Å². The zero-order valence-corrected chi connectivity index (χ0v) is 12.0. The summed E-state index contributed by atoms with van der Waals surface area (Å²) in [5, 5.41) is 15.3. The number of nitrogens with zero attached hydrogens (tertiary/aromatic N) is 2. The van der Waals surface area contributed by atoms with Crippen molar-refractivity contribution in [2.24, 2.45) is 0 Å². The number of benzene rings is 1. The lowest BCUT2D eigenvalue weighted by molar-refractivity contribution is 0.644. The first kappa shape index (κ1) is 13.1. The van der Waals surface area contributed by atoms with Gasteiger partial charge in [-0.2, -0.15) is 0 Å². The predicted octanol–water partition coefficient (Wildman–Crippen LogP) is 2.61. The average Bonchev–Trinajstić information content (AvgIpc) is 2.47. The van der Waals surface area contributed by atoms with Gasteiger partial charge in [0.1, 0.15) is 5.82 Å². The summed E-state index contributed by atoms with van der Waals surface area (Å²) in [7, 11) is 0. The summed E-state index contributed by atoms with van der Waals surface area (Å²) in [6.07, 6.45) is 1.05. The van der Waals surface area contributed by atoms with Gasteiger partial charge < -0.3 is 10.6 Å². The van der Waals surface area contributed by atoms with Crippen molar-refractivity contribution in [1.29, 1.82) is 0 Å². The number of rotatable bonds is 3. The van der Waals surface area contributed by atoms with Gasteiger partial charge in [0.15, 0.2) is 0 Å². The molecule has 1 aliphatic heterocycles. The van der Waals surface area contributed by atoms with Crippen molar-refractivity contribution in [1.82, 2.24) is 15.5 Å². The molecule has 20 heavy (non-hydrogen) atoms. The van der Waals surface area contributed by atoms with Crippen molar-refractivity contribution in [2.75, 3.05) is 11.9 Å². The summed E-state index contributed by atoms with van der Waals surface area (Å²) >= 11 is 0. The van der Waals surface area contributed by atoms with E-state index in [2.05, 4.69) is 58.9 Å². The van der Waals surface area contributed by atoms with Gasteiger partial charge in [-0.05, 0) is 50.1 Å². The van der Waals surface area contributed by atoms with Gasteiger partial charge in [-0.1, -0.05) is 18.2 Å². The Morgan fingerprint density at radius 2 is 2.05 bits per heavy atom. The summed E-state index contributed by atoms with van der Waals surface area (Å²) in [5.41, 5.74) is 4.95. The van der Waals surface area contributed by atoms with Crippen LogP contribution in [0.15, 0.2) is 30.3 Å². The third kappa shape index (κ3) is 2.65. The standard InChI is InChI=1S/C16H20N4/c1-11(2)18-16-7-6-15(19-20-16)14-5-3-4-12-10-17-9-8-13(12)14/h3-7,11,17H,8-10H2,1-2H3,(H,18,20). The molecule has 4 heteroatoms. The molecule has 1 aromatic carbocycles. The molecule has 0 fully saturated rings. The highest BCUT2D eigenvalue weighted by atomic mass is 15.2. The molecule has 0 amide bonds. The first-order valence-corrected chi connectivity index (χ1v) is 7.16. The third-order valence-electron chi connectivity index (χ3n) is 3.52. The first-order valence-electron chi connectivity index (χ1n) is 7.16. The van der Waals surface area contributed by atoms with Crippen LogP contribution in [-0.4, -0.2) is 22.8 Å². The van der Waals surface area contributed by atoms with Crippen LogP contribution >= 0.6 is 0 Å². The van der Waals surface area contributed by atoms with Crippen molar-refractivity contribution in [2.45, 2.75) is 32.9 Å². The van der Waals surface area contributed by atoms with Crippen LogP contribution in [0.4, 0.5) is 5.82 Å². The normalized spacial score (nSPS) is 14.2. The summed E-state index contributed by atoms with van der Waals surface area (Å²) in [4.78, 5) is 0. The maximum absolute atomic E-state index is 4.38. The molecule has 4 nitrogen and oxygen atoms in total. The zero-order chi connectivity index (χ0) is 13.9. The Bertz CT molecular complexity index is 590. The van der Waals surface area contributed by atoms with Crippen molar-refractivity contribution in [3.8, 4) is 11.3 Å². The molecule has 2 N–H and O–H groups in total. The molecule has 1 aliphatic rings. The lowest BCUT2D eigenvalue weighted by Gasteiger charge is -2.20. The first-order chi connectivity index (χ1) is 9.74. The summed E-state index contributed by atoms with van der Waals surface area (Å²) in [5.74, 6) is 0.829. The van der Waals surface area contributed by atoms with Crippen LogP contribution in [0.25, 0.3) is 11.3 Å². The highest BCUT2D eigenvalue weighted by molar-refractivity contribution is 5.66. The van der Waals surface area contributed by atoms with Gasteiger partial charge in [0.25, 0.3) is 0 Å². The zero-order valence-electron chi connectivity index (χ0n) is 12.0. The van der Waals surface area contributed by atoms with Gasteiger partial charge in [0.05, 0.1) is 5.69 Å². The molecule has 2 aromatic rings. The van der Waals surface area contributed by atoms with E-state index in [1.807, 2.05) is 6.07 Å². The number of fused-ring (bicyclic) bond motifs is 1. The van der Waals surface area contributed by atoms with Gasteiger partial charge >= 0.3 is 0 Å². The summed E-state index contributed by atoms with van der Waals surface area (Å²) < 4.78 is 0. The second kappa shape index (κ2) is 5.59. The monoisotopic (exact) mass is 268 g/mol. The number of aromatic nitrogens is 2. The Balaban J connectivity index is 1.93. The fraction of sp³-hybridized carbons (Fsp3) is 0.375. The van der Waals surface area contributed by atoms with Crippen molar-refractivity contribution in [3.63, 3.8) is 0 Å². The minimum Gasteiger partial charge on any atom is -0.366 e. The maximum Gasteiger partial charge on any atom is 0.148 e. The van der Waals surface area contributed by atoms with Crippen molar-refractivity contribution in [3.05, 3.63) is 41.5 Å². The second-order valence-electron chi connectivity index (χ2n) is 5.47. The van der Waals surface area contributed by atoms with Crippen LogP contribution in [-0.2, 0) is 13.0 Å². The van der Waals surface area contributed by atoms with Gasteiger partial charge in [0.2, 0.25) is 0 Å². The summed E-state index contributed by atoms with van der Waals surface area (Å²) in [6.45, 7) is 6.17. The van der Waals surface area contributed by atoms with Crippen LogP contribution in [0.5, 0.6) is 0 Å². The number of nitrogens with one attached hydrogen (secondary N) is 2. The maximum atomic E-state index is 4.38. The molecule has 3 rings (SSSR count). The van der Waals surface area contributed by atoms with E-state index in [1.165, 1.54) is 16.7 Å². The van der Waals surface area contributed by atoms with Crippen molar-refractivity contribution < 1.29 is 0 Å². The van der Waals surface area contributed by atoms with Crippen LogP contribution in [0.1, 0.15) is 25.0 Å². The molecule has 0 bridgehead atoms. The lowest BCUT2D eigenvalue weighted by atomic mass is 9.94. The second-order valence-corrected chi connectivity index (χ2v) is 5.47. The van der Waals surface area contributed by atoms with E-state index in [0.717, 1.165) is 31.0 Å². The molecule has 2 heterocycles. The third-order valence-corrected chi connectivity index (χ3v) is 3.52. The molecule has 104 valence electrons. The average molecular weight is 268 g/mol. The molecule has 0 radical (unpaired) electrons. The molecule has 0 saturated heterocycles. The molecule has 0 saturated carbocycles. The highest BCUT2D eigenvalue weighted by Crippen LogP contribution is 2.27. The molecule has 0 unspecified atom stereocenters. The van der Waals surface area contributed by atoms with Crippen LogP contribution in [0, 0.1) is 0 Å². The molecular weight excluding hydrogens is 248 g/mol. The van der Waals surface area contributed by atoms with Crippen LogP contribution in [0.2, 0.25) is 0 Å². The minimum atomic E-state index is 0.366.